The Kier molecular flexibility index (Phi) is 5.94. The SMILES string of the molecule is CCc1nc(CN(C)C(=O)N[C@H](C(=O)O)C(C)C)cs1. The first-order valence-corrected chi connectivity index (χ1v) is 7.40. The van der Waals surface area contributed by atoms with Crippen molar-refractivity contribution in [2.45, 2.75) is 39.8 Å². The first-order valence-electron chi connectivity index (χ1n) is 6.52. The number of carbonyl (C=O) groups excluding carboxylic acids is 1. The summed E-state index contributed by atoms with van der Waals surface area (Å²) >= 11 is 1.56. The number of carboxylic acid groups (broad SMARTS) is 1. The van der Waals surface area contributed by atoms with Crippen molar-refractivity contribution in [2.24, 2.45) is 5.92 Å². The van der Waals surface area contributed by atoms with Gasteiger partial charge in [0, 0.05) is 12.4 Å². The zero-order chi connectivity index (χ0) is 15.3. The second-order valence-electron chi connectivity index (χ2n) is 4.95. The average molecular weight is 299 g/mol. The molecule has 0 saturated heterocycles. The monoisotopic (exact) mass is 299 g/mol. The fraction of sp³-hybridized carbons (Fsp3) is 0.615. The number of amides is 2. The van der Waals surface area contributed by atoms with E-state index in [9.17, 15) is 9.59 Å². The van der Waals surface area contributed by atoms with Crippen LogP contribution in [0.5, 0.6) is 0 Å². The molecule has 0 radical (unpaired) electrons. The predicted octanol–water partition coefficient (Wildman–Crippen LogP) is 1.96. The average Bonchev–Trinajstić information content (AvgIpc) is 2.82. The van der Waals surface area contributed by atoms with Crippen LogP contribution in [0.15, 0.2) is 5.38 Å². The first-order chi connectivity index (χ1) is 9.35. The molecule has 1 atom stereocenters. The molecule has 0 spiro atoms. The van der Waals surface area contributed by atoms with Gasteiger partial charge >= 0.3 is 12.0 Å². The Morgan fingerprint density at radius 1 is 1.50 bits per heavy atom. The van der Waals surface area contributed by atoms with Gasteiger partial charge in [-0.25, -0.2) is 14.6 Å². The summed E-state index contributed by atoms with van der Waals surface area (Å²) < 4.78 is 0. The maximum Gasteiger partial charge on any atom is 0.326 e. The number of carboxylic acids is 1. The molecule has 0 unspecified atom stereocenters. The van der Waals surface area contributed by atoms with E-state index in [4.69, 9.17) is 5.11 Å². The van der Waals surface area contributed by atoms with Gasteiger partial charge in [0.05, 0.1) is 17.2 Å². The van der Waals surface area contributed by atoms with Crippen LogP contribution in [0, 0.1) is 5.92 Å². The van der Waals surface area contributed by atoms with Gasteiger partial charge in [-0.15, -0.1) is 11.3 Å². The molecule has 0 aliphatic heterocycles. The molecular weight excluding hydrogens is 278 g/mol. The lowest BCUT2D eigenvalue weighted by Crippen LogP contribution is -2.48. The Bertz CT molecular complexity index is 473. The molecular formula is C13H21N3O3S. The number of nitrogens with one attached hydrogen (secondary N) is 1. The fourth-order valence-electron chi connectivity index (χ4n) is 1.66. The van der Waals surface area contributed by atoms with Gasteiger partial charge in [0.1, 0.15) is 6.04 Å². The van der Waals surface area contributed by atoms with E-state index in [1.807, 2.05) is 12.3 Å². The van der Waals surface area contributed by atoms with Gasteiger partial charge in [0.2, 0.25) is 0 Å². The van der Waals surface area contributed by atoms with E-state index in [2.05, 4.69) is 10.3 Å². The number of carbonyl (C=O) groups is 2. The highest BCUT2D eigenvalue weighted by Gasteiger charge is 2.24. The van der Waals surface area contributed by atoms with Crippen LogP contribution in [-0.2, 0) is 17.8 Å². The van der Waals surface area contributed by atoms with Crippen LogP contribution in [0.4, 0.5) is 4.79 Å². The van der Waals surface area contributed by atoms with E-state index >= 15 is 0 Å². The smallest absolute Gasteiger partial charge is 0.326 e. The van der Waals surface area contributed by atoms with Gasteiger partial charge in [0.15, 0.2) is 0 Å². The molecule has 112 valence electrons. The minimum absolute atomic E-state index is 0.171. The van der Waals surface area contributed by atoms with Crippen LogP contribution >= 0.6 is 11.3 Å². The number of nitrogens with zero attached hydrogens (tertiary/aromatic N) is 2. The van der Waals surface area contributed by atoms with Crippen molar-refractivity contribution < 1.29 is 14.7 Å². The minimum atomic E-state index is -1.02. The van der Waals surface area contributed by atoms with Crippen LogP contribution in [0.3, 0.4) is 0 Å². The van der Waals surface area contributed by atoms with Crippen LogP contribution in [0.2, 0.25) is 0 Å². The quantitative estimate of drug-likeness (QED) is 0.841. The predicted molar refractivity (Wildman–Crippen MR) is 77.8 cm³/mol. The van der Waals surface area contributed by atoms with Crippen molar-refractivity contribution in [1.82, 2.24) is 15.2 Å². The molecule has 1 aromatic heterocycles. The summed E-state index contributed by atoms with van der Waals surface area (Å²) in [4.78, 5) is 28.8. The number of thiazole rings is 1. The van der Waals surface area contributed by atoms with E-state index < -0.39 is 18.0 Å². The third-order valence-corrected chi connectivity index (χ3v) is 3.90. The lowest BCUT2D eigenvalue weighted by atomic mass is 10.1. The molecule has 6 nitrogen and oxygen atoms in total. The van der Waals surface area contributed by atoms with Gasteiger partial charge in [-0.1, -0.05) is 20.8 Å². The third-order valence-electron chi connectivity index (χ3n) is 2.86. The number of aryl methyl sites for hydroxylation is 1. The normalized spacial score (nSPS) is 12.2. The van der Waals surface area contributed by atoms with Crippen molar-refractivity contribution in [2.75, 3.05) is 7.05 Å². The van der Waals surface area contributed by atoms with Crippen LogP contribution < -0.4 is 5.32 Å². The summed E-state index contributed by atoms with van der Waals surface area (Å²) in [6.45, 7) is 5.91. The lowest BCUT2D eigenvalue weighted by molar-refractivity contribution is -0.140. The van der Waals surface area contributed by atoms with Gasteiger partial charge in [-0.2, -0.15) is 0 Å². The number of urea groups is 1. The largest absolute Gasteiger partial charge is 0.480 e. The molecule has 7 heteroatoms. The summed E-state index contributed by atoms with van der Waals surface area (Å²) in [5, 5.41) is 14.5. The number of aromatic nitrogens is 1. The summed E-state index contributed by atoms with van der Waals surface area (Å²) in [6.07, 6.45) is 0.870. The summed E-state index contributed by atoms with van der Waals surface area (Å²) in [6, 6.07) is -1.29. The summed E-state index contributed by atoms with van der Waals surface area (Å²) in [5.74, 6) is -1.19. The Morgan fingerprint density at radius 3 is 2.60 bits per heavy atom. The van der Waals surface area contributed by atoms with Crippen LogP contribution in [-0.4, -0.2) is 40.1 Å². The highest BCUT2D eigenvalue weighted by molar-refractivity contribution is 7.09. The highest BCUT2D eigenvalue weighted by Crippen LogP contribution is 2.12. The maximum atomic E-state index is 12.0. The molecule has 20 heavy (non-hydrogen) atoms. The van der Waals surface area contributed by atoms with Crippen molar-refractivity contribution in [3.63, 3.8) is 0 Å². The summed E-state index contributed by atoms with van der Waals surface area (Å²) in [7, 11) is 1.62. The zero-order valence-electron chi connectivity index (χ0n) is 12.2. The van der Waals surface area contributed by atoms with E-state index in [0.29, 0.717) is 6.54 Å². The molecule has 0 aliphatic rings. The topological polar surface area (TPSA) is 82.5 Å². The van der Waals surface area contributed by atoms with Crippen LogP contribution in [0.1, 0.15) is 31.5 Å². The molecule has 2 amide bonds. The molecule has 0 fully saturated rings. The van der Waals surface area contributed by atoms with Gasteiger partial charge in [-0.05, 0) is 12.3 Å². The second kappa shape index (κ2) is 7.23. The highest BCUT2D eigenvalue weighted by atomic mass is 32.1. The molecule has 2 N–H and O–H groups in total. The molecule has 1 heterocycles. The van der Waals surface area contributed by atoms with Crippen molar-refractivity contribution in [3.05, 3.63) is 16.1 Å². The molecule has 0 bridgehead atoms. The van der Waals surface area contributed by atoms with Crippen molar-refractivity contribution in [3.8, 4) is 0 Å². The Balaban J connectivity index is 2.60. The number of rotatable bonds is 6. The van der Waals surface area contributed by atoms with E-state index in [1.165, 1.54) is 4.90 Å². The maximum absolute atomic E-state index is 12.0. The fourth-order valence-corrected chi connectivity index (χ4v) is 2.39. The zero-order valence-corrected chi connectivity index (χ0v) is 13.0. The third kappa shape index (κ3) is 4.48. The Labute approximate surface area is 122 Å². The molecule has 0 aliphatic carbocycles. The standard InChI is InChI=1S/C13H21N3O3S/c1-5-10-14-9(7-20-10)6-16(4)13(19)15-11(8(2)3)12(17)18/h7-8,11H,5-6H2,1-4H3,(H,15,19)(H,17,18)/t11-/m0/s1. The van der Waals surface area contributed by atoms with Crippen molar-refractivity contribution in [1.29, 1.82) is 0 Å². The number of aliphatic carboxylic acids is 1. The molecule has 1 rings (SSSR count). The molecule has 0 aromatic carbocycles. The van der Waals surface area contributed by atoms with Crippen LogP contribution in [0.25, 0.3) is 0 Å². The van der Waals surface area contributed by atoms with E-state index in [1.54, 1.807) is 32.2 Å². The van der Waals surface area contributed by atoms with E-state index in [-0.39, 0.29) is 5.92 Å². The minimum Gasteiger partial charge on any atom is -0.480 e. The Hall–Kier alpha value is -1.63. The summed E-state index contributed by atoms with van der Waals surface area (Å²) in [5.41, 5.74) is 0.820. The van der Waals surface area contributed by atoms with Gasteiger partial charge in [0.25, 0.3) is 0 Å². The molecule has 0 saturated carbocycles. The van der Waals surface area contributed by atoms with Gasteiger partial charge < -0.3 is 15.3 Å². The molecule has 1 aromatic rings. The van der Waals surface area contributed by atoms with Gasteiger partial charge in [-0.3, -0.25) is 0 Å². The van der Waals surface area contributed by atoms with E-state index in [0.717, 1.165) is 17.1 Å². The first kappa shape index (κ1) is 16.4. The number of hydrogen-bond acceptors (Lipinski definition) is 4. The lowest BCUT2D eigenvalue weighted by Gasteiger charge is -2.22. The second-order valence-corrected chi connectivity index (χ2v) is 5.89. The number of hydrogen-bond donors (Lipinski definition) is 2. The van der Waals surface area contributed by atoms with Crippen molar-refractivity contribution >= 4 is 23.3 Å². The Morgan fingerprint density at radius 2 is 2.15 bits per heavy atom.